The number of thiophene rings is 1. The molecule has 0 aliphatic rings. The van der Waals surface area contributed by atoms with Gasteiger partial charge in [-0.2, -0.15) is 0 Å². The van der Waals surface area contributed by atoms with Crippen molar-refractivity contribution in [3.8, 4) is 11.1 Å². The molecule has 2 aromatic heterocycles. The van der Waals surface area contributed by atoms with Gasteiger partial charge in [0, 0.05) is 10.4 Å². The highest BCUT2D eigenvalue weighted by atomic mass is 32.1. The van der Waals surface area contributed by atoms with Crippen molar-refractivity contribution in [2.24, 2.45) is 0 Å². The van der Waals surface area contributed by atoms with Crippen LogP contribution in [0.3, 0.4) is 0 Å². The van der Waals surface area contributed by atoms with Crippen LogP contribution in [0.5, 0.6) is 0 Å². The molecule has 66 valence electrons. The van der Waals surface area contributed by atoms with Gasteiger partial charge < -0.3 is 4.42 Å². The molecule has 2 rings (SSSR count). The molecule has 0 spiro atoms. The van der Waals surface area contributed by atoms with Crippen molar-refractivity contribution in [3.05, 3.63) is 34.4 Å². The van der Waals surface area contributed by atoms with E-state index in [0.29, 0.717) is 5.76 Å². The zero-order valence-electron chi connectivity index (χ0n) is 7.11. The van der Waals surface area contributed by atoms with E-state index < -0.39 is 0 Å². The molecule has 0 bridgehead atoms. The third kappa shape index (κ3) is 1.42. The van der Waals surface area contributed by atoms with Crippen LogP contribution in [0.25, 0.3) is 11.1 Å². The maximum atomic E-state index is 10.6. The van der Waals surface area contributed by atoms with Gasteiger partial charge in [0.25, 0.3) is 0 Å². The fourth-order valence-corrected chi connectivity index (χ4v) is 1.94. The van der Waals surface area contributed by atoms with Crippen molar-refractivity contribution in [2.75, 3.05) is 0 Å². The molecule has 2 aromatic rings. The first-order valence-corrected chi connectivity index (χ1v) is 4.77. The van der Waals surface area contributed by atoms with Gasteiger partial charge in [0.15, 0.2) is 12.0 Å². The van der Waals surface area contributed by atoms with E-state index in [1.165, 1.54) is 11.1 Å². The number of hydrogen-bond acceptors (Lipinski definition) is 3. The van der Waals surface area contributed by atoms with E-state index in [1.807, 2.05) is 24.4 Å². The molecule has 0 fully saturated rings. The number of carbonyl (C=O) groups is 1. The van der Waals surface area contributed by atoms with Gasteiger partial charge in [-0.1, -0.05) is 0 Å². The van der Waals surface area contributed by atoms with Gasteiger partial charge in [-0.05, 0) is 30.0 Å². The SMILES string of the molecule is Cc1cc(-c2ccoc2C=O)cs1. The van der Waals surface area contributed by atoms with Gasteiger partial charge in [-0.25, -0.2) is 0 Å². The van der Waals surface area contributed by atoms with Crippen LogP contribution in [0.4, 0.5) is 0 Å². The maximum absolute atomic E-state index is 10.6. The van der Waals surface area contributed by atoms with Crippen molar-refractivity contribution >= 4 is 17.6 Å². The van der Waals surface area contributed by atoms with Crippen molar-refractivity contribution in [2.45, 2.75) is 6.92 Å². The summed E-state index contributed by atoms with van der Waals surface area (Å²) in [6.45, 7) is 2.04. The number of rotatable bonds is 2. The smallest absolute Gasteiger partial charge is 0.185 e. The first-order valence-electron chi connectivity index (χ1n) is 3.89. The standard InChI is InChI=1S/C10H8O2S/c1-7-4-8(6-13-7)9-2-3-12-10(9)5-11/h2-6H,1H3. The predicted molar refractivity (Wildman–Crippen MR) is 52.1 cm³/mol. The highest BCUT2D eigenvalue weighted by molar-refractivity contribution is 7.10. The average molecular weight is 192 g/mol. The van der Waals surface area contributed by atoms with Crippen LogP contribution in [0.2, 0.25) is 0 Å². The van der Waals surface area contributed by atoms with Crippen LogP contribution in [0.1, 0.15) is 15.4 Å². The fraction of sp³-hybridized carbons (Fsp3) is 0.100. The number of hydrogen-bond donors (Lipinski definition) is 0. The van der Waals surface area contributed by atoms with E-state index in [2.05, 4.69) is 0 Å². The van der Waals surface area contributed by atoms with Crippen molar-refractivity contribution in [1.29, 1.82) is 0 Å². The quantitative estimate of drug-likeness (QED) is 0.684. The molecule has 13 heavy (non-hydrogen) atoms. The summed E-state index contributed by atoms with van der Waals surface area (Å²) in [6.07, 6.45) is 2.27. The Hall–Kier alpha value is -1.35. The molecule has 0 radical (unpaired) electrons. The zero-order valence-corrected chi connectivity index (χ0v) is 7.93. The Kier molecular flexibility index (Phi) is 2.02. The van der Waals surface area contributed by atoms with Crippen molar-refractivity contribution in [1.82, 2.24) is 0 Å². The van der Waals surface area contributed by atoms with E-state index in [0.717, 1.165) is 17.4 Å². The van der Waals surface area contributed by atoms with Crippen LogP contribution in [-0.4, -0.2) is 6.29 Å². The number of aryl methyl sites for hydroxylation is 1. The molecule has 0 amide bonds. The summed E-state index contributed by atoms with van der Waals surface area (Å²) in [7, 11) is 0. The summed E-state index contributed by atoms with van der Waals surface area (Å²) in [5.41, 5.74) is 1.93. The molecule has 0 aromatic carbocycles. The summed E-state index contributed by atoms with van der Waals surface area (Å²) in [5, 5.41) is 2.02. The first kappa shape index (κ1) is 8.26. The molecule has 0 saturated heterocycles. The molecular weight excluding hydrogens is 184 g/mol. The molecule has 0 saturated carbocycles. The minimum atomic E-state index is 0.401. The molecule has 0 aliphatic carbocycles. The van der Waals surface area contributed by atoms with Gasteiger partial charge in [0.2, 0.25) is 0 Å². The summed E-state index contributed by atoms with van der Waals surface area (Å²) in [4.78, 5) is 11.8. The van der Waals surface area contributed by atoms with Crippen LogP contribution in [0.15, 0.2) is 28.2 Å². The fourth-order valence-electron chi connectivity index (χ4n) is 1.24. The van der Waals surface area contributed by atoms with Gasteiger partial charge in [-0.15, -0.1) is 11.3 Å². The Morgan fingerprint density at radius 1 is 1.54 bits per heavy atom. The normalized spacial score (nSPS) is 10.2. The lowest BCUT2D eigenvalue weighted by Crippen LogP contribution is -1.77. The van der Waals surface area contributed by atoms with Crippen LogP contribution >= 0.6 is 11.3 Å². The summed E-state index contributed by atoms with van der Waals surface area (Å²) in [5.74, 6) is 0.401. The number of aldehydes is 1. The third-order valence-electron chi connectivity index (χ3n) is 1.84. The van der Waals surface area contributed by atoms with E-state index in [4.69, 9.17) is 4.42 Å². The van der Waals surface area contributed by atoms with E-state index in [1.54, 1.807) is 11.3 Å². The maximum Gasteiger partial charge on any atom is 0.185 e. The molecular formula is C10H8O2S. The average Bonchev–Trinajstić information content (AvgIpc) is 2.71. The number of furan rings is 1. The highest BCUT2D eigenvalue weighted by Crippen LogP contribution is 2.27. The molecule has 2 nitrogen and oxygen atoms in total. The Labute approximate surface area is 79.8 Å². The largest absolute Gasteiger partial charge is 0.461 e. The van der Waals surface area contributed by atoms with Gasteiger partial charge in [-0.3, -0.25) is 4.79 Å². The summed E-state index contributed by atoms with van der Waals surface area (Å²) < 4.78 is 5.01. The molecule has 0 unspecified atom stereocenters. The molecule has 0 N–H and O–H groups in total. The molecule has 0 atom stereocenters. The highest BCUT2D eigenvalue weighted by Gasteiger charge is 2.08. The van der Waals surface area contributed by atoms with Crippen molar-refractivity contribution in [3.63, 3.8) is 0 Å². The van der Waals surface area contributed by atoms with Crippen LogP contribution in [-0.2, 0) is 0 Å². The van der Waals surface area contributed by atoms with Gasteiger partial charge in [0.05, 0.1) is 6.26 Å². The first-order chi connectivity index (χ1) is 6.31. The van der Waals surface area contributed by atoms with E-state index in [-0.39, 0.29) is 0 Å². The lowest BCUT2D eigenvalue weighted by molar-refractivity contribution is 0.110. The van der Waals surface area contributed by atoms with Crippen LogP contribution < -0.4 is 0 Å². The third-order valence-corrected chi connectivity index (χ3v) is 2.71. The summed E-state index contributed by atoms with van der Waals surface area (Å²) in [6, 6.07) is 3.85. The molecule has 0 aliphatic heterocycles. The summed E-state index contributed by atoms with van der Waals surface area (Å²) >= 11 is 1.66. The topological polar surface area (TPSA) is 30.2 Å². The second-order valence-electron chi connectivity index (χ2n) is 2.76. The lowest BCUT2D eigenvalue weighted by atomic mass is 10.1. The molecule has 2 heterocycles. The lowest BCUT2D eigenvalue weighted by Gasteiger charge is -1.90. The number of carbonyl (C=O) groups excluding carboxylic acids is 1. The Bertz CT molecular complexity index is 426. The monoisotopic (exact) mass is 192 g/mol. The second kappa shape index (κ2) is 3.18. The predicted octanol–water partition coefficient (Wildman–Crippen LogP) is 3.13. The van der Waals surface area contributed by atoms with E-state index >= 15 is 0 Å². The van der Waals surface area contributed by atoms with Gasteiger partial charge in [0.1, 0.15) is 0 Å². The van der Waals surface area contributed by atoms with E-state index in [9.17, 15) is 4.79 Å². The Morgan fingerprint density at radius 2 is 2.38 bits per heavy atom. The van der Waals surface area contributed by atoms with Gasteiger partial charge >= 0.3 is 0 Å². The molecule has 3 heteroatoms. The Balaban J connectivity index is 2.51. The van der Waals surface area contributed by atoms with Crippen molar-refractivity contribution < 1.29 is 9.21 Å². The zero-order chi connectivity index (χ0) is 9.26. The second-order valence-corrected chi connectivity index (χ2v) is 3.88. The van der Waals surface area contributed by atoms with Crippen LogP contribution in [0, 0.1) is 6.92 Å². The minimum absolute atomic E-state index is 0.401. The minimum Gasteiger partial charge on any atom is -0.461 e. The Morgan fingerprint density at radius 3 is 3.00 bits per heavy atom.